The Balaban J connectivity index is 1.45. The summed E-state index contributed by atoms with van der Waals surface area (Å²) in [5, 5.41) is 11.9. The average Bonchev–Trinajstić information content (AvgIpc) is 3.39. The first-order chi connectivity index (χ1) is 14.1. The normalized spacial score (nSPS) is 12.3. The minimum atomic E-state index is 0.0520. The second-order valence-corrected chi connectivity index (χ2v) is 7.37. The summed E-state index contributed by atoms with van der Waals surface area (Å²) in [5.74, 6) is 2.17. The predicted octanol–water partition coefficient (Wildman–Crippen LogP) is 4.67. The van der Waals surface area contributed by atoms with Crippen molar-refractivity contribution in [1.82, 2.24) is 24.9 Å². The van der Waals surface area contributed by atoms with Crippen LogP contribution in [0, 0.1) is 0 Å². The molecule has 0 bridgehead atoms. The van der Waals surface area contributed by atoms with Crippen molar-refractivity contribution in [2.45, 2.75) is 39.3 Å². The van der Waals surface area contributed by atoms with Crippen LogP contribution in [0.1, 0.15) is 49.7 Å². The van der Waals surface area contributed by atoms with E-state index < -0.39 is 0 Å². The van der Waals surface area contributed by atoms with E-state index in [0.717, 1.165) is 23.5 Å². The van der Waals surface area contributed by atoms with Gasteiger partial charge in [0.15, 0.2) is 5.82 Å². The Bertz CT molecular complexity index is 1070. The standard InChI is InChI=1S/C22H24N6O/c1-15(2)21-26-22(29-27-21)18-9-10-23-20(11-18)25-16(3)19-12-24-28(14-19)13-17-7-5-4-6-8-17/h4-12,14-16H,13H2,1-3H3,(H,23,25). The minimum Gasteiger partial charge on any atom is -0.363 e. The van der Waals surface area contributed by atoms with Crippen LogP contribution in [0.5, 0.6) is 0 Å². The number of pyridine rings is 1. The molecule has 0 aliphatic carbocycles. The van der Waals surface area contributed by atoms with E-state index in [9.17, 15) is 0 Å². The molecule has 1 atom stereocenters. The molecule has 0 aliphatic heterocycles. The highest BCUT2D eigenvalue weighted by atomic mass is 16.5. The van der Waals surface area contributed by atoms with Crippen LogP contribution in [0.3, 0.4) is 0 Å². The molecular formula is C22H24N6O. The molecule has 3 heterocycles. The Labute approximate surface area is 169 Å². The summed E-state index contributed by atoms with van der Waals surface area (Å²) in [7, 11) is 0. The number of benzene rings is 1. The van der Waals surface area contributed by atoms with Gasteiger partial charge in [-0.2, -0.15) is 10.1 Å². The summed E-state index contributed by atoms with van der Waals surface area (Å²) in [5.41, 5.74) is 3.15. The van der Waals surface area contributed by atoms with Crippen molar-refractivity contribution < 1.29 is 4.52 Å². The number of nitrogens with one attached hydrogen (secondary N) is 1. The van der Waals surface area contributed by atoms with E-state index in [4.69, 9.17) is 4.52 Å². The molecule has 7 heteroatoms. The second kappa shape index (κ2) is 8.26. The summed E-state index contributed by atoms with van der Waals surface area (Å²) in [6, 6.07) is 14.1. The van der Waals surface area contributed by atoms with Crippen LogP contribution in [0.25, 0.3) is 11.5 Å². The van der Waals surface area contributed by atoms with E-state index in [0.29, 0.717) is 11.7 Å². The highest BCUT2D eigenvalue weighted by molar-refractivity contribution is 5.58. The molecule has 1 N–H and O–H groups in total. The van der Waals surface area contributed by atoms with Gasteiger partial charge in [-0.3, -0.25) is 4.68 Å². The molecule has 148 valence electrons. The molecule has 7 nitrogen and oxygen atoms in total. The molecule has 0 aliphatic rings. The molecule has 4 rings (SSSR count). The molecule has 0 radical (unpaired) electrons. The van der Waals surface area contributed by atoms with Crippen molar-refractivity contribution in [2.75, 3.05) is 5.32 Å². The van der Waals surface area contributed by atoms with Gasteiger partial charge in [0.1, 0.15) is 5.82 Å². The second-order valence-electron chi connectivity index (χ2n) is 7.37. The van der Waals surface area contributed by atoms with E-state index in [-0.39, 0.29) is 12.0 Å². The maximum Gasteiger partial charge on any atom is 0.258 e. The van der Waals surface area contributed by atoms with Crippen LogP contribution in [0.4, 0.5) is 5.82 Å². The number of aromatic nitrogens is 5. The smallest absolute Gasteiger partial charge is 0.258 e. The highest BCUT2D eigenvalue weighted by Gasteiger charge is 2.14. The van der Waals surface area contributed by atoms with Gasteiger partial charge in [-0.05, 0) is 24.6 Å². The highest BCUT2D eigenvalue weighted by Crippen LogP contribution is 2.24. The van der Waals surface area contributed by atoms with Crippen molar-refractivity contribution in [3.63, 3.8) is 0 Å². The van der Waals surface area contributed by atoms with Crippen molar-refractivity contribution >= 4 is 5.82 Å². The van der Waals surface area contributed by atoms with E-state index >= 15 is 0 Å². The number of anilines is 1. The van der Waals surface area contributed by atoms with Crippen LogP contribution in [0.15, 0.2) is 65.6 Å². The molecule has 4 aromatic rings. The van der Waals surface area contributed by atoms with Crippen molar-refractivity contribution in [3.8, 4) is 11.5 Å². The van der Waals surface area contributed by atoms with Gasteiger partial charge in [0.2, 0.25) is 0 Å². The van der Waals surface area contributed by atoms with Gasteiger partial charge in [-0.25, -0.2) is 4.98 Å². The van der Waals surface area contributed by atoms with Crippen LogP contribution < -0.4 is 5.32 Å². The van der Waals surface area contributed by atoms with Gasteiger partial charge in [-0.1, -0.05) is 49.3 Å². The summed E-state index contributed by atoms with van der Waals surface area (Å²) < 4.78 is 7.33. The molecule has 0 spiro atoms. The lowest BCUT2D eigenvalue weighted by Crippen LogP contribution is -2.07. The van der Waals surface area contributed by atoms with Crippen LogP contribution in [0.2, 0.25) is 0 Å². The Morgan fingerprint density at radius 1 is 1.10 bits per heavy atom. The topological polar surface area (TPSA) is 81.7 Å². The molecule has 0 saturated carbocycles. The lowest BCUT2D eigenvalue weighted by atomic mass is 10.2. The SMILES string of the molecule is CC(C)c1noc(-c2ccnc(NC(C)c3cnn(Cc4ccccc4)c3)c2)n1. The molecule has 0 fully saturated rings. The molecule has 29 heavy (non-hydrogen) atoms. The van der Waals surface area contributed by atoms with E-state index in [2.05, 4.69) is 50.8 Å². The quantitative estimate of drug-likeness (QED) is 0.495. The average molecular weight is 388 g/mol. The summed E-state index contributed by atoms with van der Waals surface area (Å²) in [4.78, 5) is 8.87. The Morgan fingerprint density at radius 2 is 1.93 bits per heavy atom. The number of hydrogen-bond donors (Lipinski definition) is 1. The largest absolute Gasteiger partial charge is 0.363 e. The van der Waals surface area contributed by atoms with E-state index in [1.54, 1.807) is 6.20 Å². The van der Waals surface area contributed by atoms with Gasteiger partial charge in [0, 0.05) is 29.4 Å². The van der Waals surface area contributed by atoms with Gasteiger partial charge in [-0.15, -0.1) is 0 Å². The zero-order valence-corrected chi connectivity index (χ0v) is 16.8. The van der Waals surface area contributed by atoms with E-state index in [1.165, 1.54) is 5.56 Å². The van der Waals surface area contributed by atoms with Gasteiger partial charge >= 0.3 is 0 Å². The Hall–Kier alpha value is -3.48. The zero-order chi connectivity index (χ0) is 20.2. The van der Waals surface area contributed by atoms with Gasteiger partial charge in [0.05, 0.1) is 18.8 Å². The fourth-order valence-electron chi connectivity index (χ4n) is 2.99. The third-order valence-corrected chi connectivity index (χ3v) is 4.67. The molecule has 0 amide bonds. The maximum atomic E-state index is 5.39. The Morgan fingerprint density at radius 3 is 2.69 bits per heavy atom. The van der Waals surface area contributed by atoms with E-state index in [1.807, 2.05) is 55.1 Å². The lowest BCUT2D eigenvalue weighted by Gasteiger charge is -2.13. The monoisotopic (exact) mass is 388 g/mol. The fourth-order valence-corrected chi connectivity index (χ4v) is 2.99. The maximum absolute atomic E-state index is 5.39. The first-order valence-corrected chi connectivity index (χ1v) is 9.71. The summed E-state index contributed by atoms with van der Waals surface area (Å²) in [6.45, 7) is 6.90. The van der Waals surface area contributed by atoms with Gasteiger partial charge < -0.3 is 9.84 Å². The van der Waals surface area contributed by atoms with Crippen LogP contribution in [-0.2, 0) is 6.54 Å². The molecule has 1 unspecified atom stereocenters. The first-order valence-electron chi connectivity index (χ1n) is 9.71. The third-order valence-electron chi connectivity index (χ3n) is 4.67. The number of nitrogens with zero attached hydrogens (tertiary/aromatic N) is 5. The number of rotatable bonds is 7. The predicted molar refractivity (Wildman–Crippen MR) is 111 cm³/mol. The summed E-state index contributed by atoms with van der Waals surface area (Å²) >= 11 is 0. The van der Waals surface area contributed by atoms with Crippen molar-refractivity contribution in [3.05, 3.63) is 78.0 Å². The molecule has 3 aromatic heterocycles. The first kappa shape index (κ1) is 18.9. The summed E-state index contributed by atoms with van der Waals surface area (Å²) in [6.07, 6.45) is 5.68. The van der Waals surface area contributed by atoms with Crippen molar-refractivity contribution in [1.29, 1.82) is 0 Å². The minimum absolute atomic E-state index is 0.0520. The lowest BCUT2D eigenvalue weighted by molar-refractivity contribution is 0.419. The molecular weight excluding hydrogens is 364 g/mol. The van der Waals surface area contributed by atoms with Crippen molar-refractivity contribution in [2.24, 2.45) is 0 Å². The van der Waals surface area contributed by atoms with Crippen LogP contribution >= 0.6 is 0 Å². The zero-order valence-electron chi connectivity index (χ0n) is 16.8. The Kier molecular flexibility index (Phi) is 5.37. The third kappa shape index (κ3) is 4.51. The van der Waals surface area contributed by atoms with Gasteiger partial charge in [0.25, 0.3) is 5.89 Å². The number of hydrogen-bond acceptors (Lipinski definition) is 6. The molecule has 0 saturated heterocycles. The fraction of sp³-hybridized carbons (Fsp3) is 0.273. The van der Waals surface area contributed by atoms with Crippen LogP contribution in [-0.4, -0.2) is 24.9 Å². The molecule has 1 aromatic carbocycles.